The highest BCUT2D eigenvalue weighted by Gasteiger charge is 2.26. The molecule has 0 aliphatic heterocycles. The summed E-state index contributed by atoms with van der Waals surface area (Å²) in [5.41, 5.74) is -0.377. The maximum Gasteiger partial charge on any atom is 0.201 e. The van der Waals surface area contributed by atoms with E-state index < -0.39 is 23.3 Å². The van der Waals surface area contributed by atoms with Gasteiger partial charge in [0, 0.05) is 17.6 Å². The number of hydrogen-bond acceptors (Lipinski definition) is 5. The maximum absolute atomic E-state index is 14.5. The Morgan fingerprint density at radius 1 is 1.21 bits per heavy atom. The van der Waals surface area contributed by atoms with Crippen molar-refractivity contribution in [3.05, 3.63) is 52.3 Å². The van der Waals surface area contributed by atoms with Crippen molar-refractivity contribution < 1.29 is 18.4 Å². The standard InChI is InChI=1S/C22H24ClF3N6O/c1-31(2)12-5-3-4-11(8-12)28-22-29-19-14(10-17(25)18(26)20(19)30-22)21(27)32(33)13-6-7-16(24)15(23)9-13/h6-7,9-12,27,33H,3-5,8H2,1-2H3,(H2,28,29,30)/t11-,12+/m0/s1. The van der Waals surface area contributed by atoms with Crippen molar-refractivity contribution in [1.29, 1.82) is 5.41 Å². The van der Waals surface area contributed by atoms with Crippen LogP contribution in [0.2, 0.25) is 5.02 Å². The lowest BCUT2D eigenvalue weighted by atomic mass is 9.90. The summed E-state index contributed by atoms with van der Waals surface area (Å²) in [5.74, 6) is -3.38. The normalized spacial score (nSPS) is 18.7. The molecule has 1 fully saturated rings. The minimum absolute atomic E-state index is 0.0147. The average molecular weight is 481 g/mol. The van der Waals surface area contributed by atoms with Crippen LogP contribution in [0.3, 0.4) is 0 Å². The third-order valence-electron chi connectivity index (χ3n) is 5.99. The monoisotopic (exact) mass is 480 g/mol. The van der Waals surface area contributed by atoms with Crippen molar-refractivity contribution in [2.75, 3.05) is 24.5 Å². The van der Waals surface area contributed by atoms with E-state index in [0.717, 1.165) is 43.9 Å². The number of halogens is 4. The summed E-state index contributed by atoms with van der Waals surface area (Å²) in [5, 5.41) is 22.2. The van der Waals surface area contributed by atoms with Crippen molar-refractivity contribution in [3.63, 3.8) is 0 Å². The molecule has 176 valence electrons. The Bertz CT molecular complexity index is 1200. The van der Waals surface area contributed by atoms with Gasteiger partial charge in [0.1, 0.15) is 11.3 Å². The Kier molecular flexibility index (Phi) is 6.51. The zero-order valence-corrected chi connectivity index (χ0v) is 18.8. The number of amidine groups is 1. The van der Waals surface area contributed by atoms with E-state index in [-0.39, 0.29) is 39.3 Å². The Balaban J connectivity index is 1.66. The van der Waals surface area contributed by atoms with Gasteiger partial charge in [0.2, 0.25) is 5.95 Å². The van der Waals surface area contributed by atoms with Gasteiger partial charge in [0.25, 0.3) is 0 Å². The van der Waals surface area contributed by atoms with Crippen LogP contribution in [0, 0.1) is 22.9 Å². The number of H-pyrrole nitrogens is 1. The third-order valence-corrected chi connectivity index (χ3v) is 6.28. The maximum atomic E-state index is 14.5. The number of hydrogen-bond donors (Lipinski definition) is 4. The molecule has 0 bridgehead atoms. The van der Waals surface area contributed by atoms with Crippen LogP contribution < -0.4 is 10.4 Å². The van der Waals surface area contributed by atoms with E-state index in [0.29, 0.717) is 11.1 Å². The lowest BCUT2D eigenvalue weighted by Crippen LogP contribution is -2.38. The highest BCUT2D eigenvalue weighted by molar-refractivity contribution is 6.31. The molecule has 1 aliphatic rings. The van der Waals surface area contributed by atoms with Gasteiger partial charge in [-0.1, -0.05) is 11.6 Å². The van der Waals surface area contributed by atoms with Crippen LogP contribution in [0.4, 0.5) is 24.8 Å². The van der Waals surface area contributed by atoms with Crippen molar-refractivity contribution in [1.82, 2.24) is 14.9 Å². The molecule has 3 aromatic rings. The summed E-state index contributed by atoms with van der Waals surface area (Å²) in [4.78, 5) is 9.26. The zero-order chi connectivity index (χ0) is 23.9. The first-order valence-corrected chi connectivity index (χ1v) is 10.9. The van der Waals surface area contributed by atoms with E-state index in [2.05, 4.69) is 20.2 Å². The third kappa shape index (κ3) is 4.64. The minimum atomic E-state index is -1.21. The van der Waals surface area contributed by atoms with Gasteiger partial charge >= 0.3 is 0 Å². The van der Waals surface area contributed by atoms with Gasteiger partial charge in [0.05, 0.1) is 16.2 Å². The molecule has 33 heavy (non-hydrogen) atoms. The van der Waals surface area contributed by atoms with Crippen molar-refractivity contribution in [2.24, 2.45) is 0 Å². The molecule has 0 saturated heterocycles. The fraction of sp³-hybridized carbons (Fsp3) is 0.364. The molecule has 1 aromatic heterocycles. The number of imidazole rings is 1. The predicted octanol–water partition coefficient (Wildman–Crippen LogP) is 5.14. The molecule has 4 N–H and O–H groups in total. The van der Waals surface area contributed by atoms with Gasteiger partial charge in [-0.05, 0) is 64.0 Å². The van der Waals surface area contributed by atoms with Crippen molar-refractivity contribution in [3.8, 4) is 0 Å². The van der Waals surface area contributed by atoms with E-state index in [4.69, 9.17) is 17.0 Å². The minimum Gasteiger partial charge on any atom is -0.353 e. The Hall–Kier alpha value is -2.82. The van der Waals surface area contributed by atoms with Crippen molar-refractivity contribution >= 4 is 40.1 Å². The molecular formula is C22H24ClF3N6O. The number of rotatable bonds is 5. The van der Waals surface area contributed by atoms with Gasteiger partial charge in [-0.3, -0.25) is 10.6 Å². The summed E-state index contributed by atoms with van der Waals surface area (Å²) in [7, 11) is 4.05. The van der Waals surface area contributed by atoms with Gasteiger partial charge in [-0.15, -0.1) is 0 Å². The number of nitrogens with one attached hydrogen (secondary N) is 3. The molecule has 1 saturated carbocycles. The van der Waals surface area contributed by atoms with Crippen LogP contribution in [-0.2, 0) is 0 Å². The predicted molar refractivity (Wildman–Crippen MR) is 122 cm³/mol. The lowest BCUT2D eigenvalue weighted by molar-refractivity contribution is 0.219. The highest BCUT2D eigenvalue weighted by atomic mass is 35.5. The number of nitrogens with zero attached hydrogens (tertiary/aromatic N) is 3. The summed E-state index contributed by atoms with van der Waals surface area (Å²) < 4.78 is 42.3. The molecule has 4 rings (SSSR count). The first kappa shape index (κ1) is 23.3. The van der Waals surface area contributed by atoms with Crippen molar-refractivity contribution in [2.45, 2.75) is 37.8 Å². The van der Waals surface area contributed by atoms with Gasteiger partial charge in [-0.25, -0.2) is 23.2 Å². The first-order valence-electron chi connectivity index (χ1n) is 10.5. The molecule has 2 aromatic carbocycles. The molecule has 0 amide bonds. The first-order chi connectivity index (χ1) is 15.7. The number of anilines is 2. The molecule has 2 atom stereocenters. The summed E-state index contributed by atoms with van der Waals surface area (Å²) in [6.07, 6.45) is 3.90. The summed E-state index contributed by atoms with van der Waals surface area (Å²) in [6.45, 7) is 0. The fourth-order valence-electron chi connectivity index (χ4n) is 4.17. The quantitative estimate of drug-likeness (QED) is 0.230. The van der Waals surface area contributed by atoms with Crippen LogP contribution in [0.25, 0.3) is 11.0 Å². The van der Waals surface area contributed by atoms with Crippen LogP contribution >= 0.6 is 11.6 Å². The van der Waals surface area contributed by atoms with E-state index in [9.17, 15) is 18.4 Å². The second-order valence-corrected chi connectivity index (χ2v) is 8.82. The number of hydroxylamine groups is 1. The number of fused-ring (bicyclic) bond motifs is 1. The molecule has 0 spiro atoms. The zero-order valence-electron chi connectivity index (χ0n) is 18.1. The molecular weight excluding hydrogens is 457 g/mol. The largest absolute Gasteiger partial charge is 0.353 e. The Morgan fingerprint density at radius 2 is 1.97 bits per heavy atom. The average Bonchev–Trinajstić information content (AvgIpc) is 3.21. The molecule has 1 aliphatic carbocycles. The summed E-state index contributed by atoms with van der Waals surface area (Å²) in [6, 6.07) is 4.66. The molecule has 0 unspecified atom stereocenters. The smallest absolute Gasteiger partial charge is 0.201 e. The van der Waals surface area contributed by atoms with Crippen LogP contribution in [0.15, 0.2) is 24.3 Å². The molecule has 1 heterocycles. The van der Waals surface area contributed by atoms with E-state index in [1.165, 1.54) is 6.07 Å². The number of benzene rings is 2. The SMILES string of the molecule is CN(C)[C@@H]1CCC[C@H](Nc2nc3c(F)c(F)cc(C(=N)N(O)c4ccc(F)c(Cl)c4)c3[nH]2)C1. The Labute approximate surface area is 193 Å². The second-order valence-electron chi connectivity index (χ2n) is 8.41. The fourth-order valence-corrected chi connectivity index (χ4v) is 4.35. The van der Waals surface area contributed by atoms with E-state index in [1.807, 2.05) is 14.1 Å². The Morgan fingerprint density at radius 3 is 2.67 bits per heavy atom. The van der Waals surface area contributed by atoms with Crippen LogP contribution in [0.5, 0.6) is 0 Å². The van der Waals surface area contributed by atoms with Gasteiger partial charge < -0.3 is 15.2 Å². The molecule has 11 heteroatoms. The van der Waals surface area contributed by atoms with Crippen LogP contribution in [-0.4, -0.2) is 52.1 Å². The highest BCUT2D eigenvalue weighted by Crippen LogP contribution is 2.29. The number of aromatic amines is 1. The van der Waals surface area contributed by atoms with E-state index in [1.54, 1.807) is 0 Å². The van der Waals surface area contributed by atoms with Gasteiger partial charge in [-0.2, -0.15) is 0 Å². The molecule has 0 radical (unpaired) electrons. The van der Waals surface area contributed by atoms with Crippen LogP contribution in [0.1, 0.15) is 31.2 Å². The van der Waals surface area contributed by atoms with E-state index >= 15 is 0 Å². The van der Waals surface area contributed by atoms with Gasteiger partial charge in [0.15, 0.2) is 17.5 Å². The molecule has 7 nitrogen and oxygen atoms in total. The number of aromatic nitrogens is 2. The topological polar surface area (TPSA) is 91.3 Å². The second kappa shape index (κ2) is 9.20. The lowest BCUT2D eigenvalue weighted by Gasteiger charge is -2.33. The summed E-state index contributed by atoms with van der Waals surface area (Å²) >= 11 is 5.76.